The Balaban J connectivity index is 2.09. The summed E-state index contributed by atoms with van der Waals surface area (Å²) in [7, 11) is 3.29. The number of hydrogen-bond donors (Lipinski definition) is 3. The predicted octanol–water partition coefficient (Wildman–Crippen LogP) is 1.73. The second-order valence-electron chi connectivity index (χ2n) is 6.70. The molecule has 0 saturated carbocycles. The summed E-state index contributed by atoms with van der Waals surface area (Å²) in [6.45, 7) is 6.14. The Bertz CT molecular complexity index is 1040. The van der Waals surface area contributed by atoms with Crippen LogP contribution in [0.15, 0.2) is 18.3 Å². The van der Waals surface area contributed by atoms with E-state index in [0.29, 0.717) is 61.5 Å². The molecular formula is C20H28N8O3. The first kappa shape index (κ1) is 22.4. The summed E-state index contributed by atoms with van der Waals surface area (Å²) in [5.74, 6) is 1.15. The van der Waals surface area contributed by atoms with Gasteiger partial charge in [-0.25, -0.2) is 9.97 Å². The molecule has 0 bridgehead atoms. The molecule has 11 heteroatoms. The third kappa shape index (κ3) is 5.44. The molecular weight excluding hydrogens is 400 g/mol. The Labute approximate surface area is 180 Å². The van der Waals surface area contributed by atoms with Crippen LogP contribution >= 0.6 is 0 Å². The van der Waals surface area contributed by atoms with Crippen LogP contribution in [0.4, 0.5) is 17.6 Å². The Morgan fingerprint density at radius 2 is 2.10 bits per heavy atom. The summed E-state index contributed by atoms with van der Waals surface area (Å²) < 4.78 is 12.2. The minimum absolute atomic E-state index is 0.210. The number of amides is 1. The molecule has 0 radical (unpaired) electrons. The van der Waals surface area contributed by atoms with Crippen LogP contribution in [0.5, 0.6) is 0 Å². The van der Waals surface area contributed by atoms with Gasteiger partial charge in [-0.15, -0.1) is 0 Å². The number of nitrogens with one attached hydrogen (secondary N) is 3. The molecule has 3 aromatic heterocycles. The van der Waals surface area contributed by atoms with Crippen molar-refractivity contribution in [3.63, 3.8) is 0 Å². The zero-order valence-corrected chi connectivity index (χ0v) is 18.2. The van der Waals surface area contributed by atoms with Crippen LogP contribution in [0, 0.1) is 6.92 Å². The van der Waals surface area contributed by atoms with Crippen LogP contribution in [-0.4, -0.2) is 71.2 Å². The quantitative estimate of drug-likeness (QED) is 0.391. The number of aryl methyl sites for hydroxylation is 1. The van der Waals surface area contributed by atoms with Crippen LogP contribution in [-0.2, 0) is 16.0 Å². The van der Waals surface area contributed by atoms with E-state index in [0.717, 1.165) is 5.56 Å². The maximum Gasteiger partial charge on any atom is 0.274 e. The lowest BCUT2D eigenvalue weighted by atomic mass is 10.3. The van der Waals surface area contributed by atoms with Crippen molar-refractivity contribution in [1.29, 1.82) is 0 Å². The van der Waals surface area contributed by atoms with Crippen LogP contribution in [0.1, 0.15) is 23.0 Å². The molecule has 0 unspecified atom stereocenters. The molecule has 0 aromatic carbocycles. The highest BCUT2D eigenvalue weighted by atomic mass is 16.5. The topological polar surface area (TPSA) is 128 Å². The summed E-state index contributed by atoms with van der Waals surface area (Å²) >= 11 is 0. The van der Waals surface area contributed by atoms with Crippen molar-refractivity contribution in [3.05, 3.63) is 29.6 Å². The Hall–Kier alpha value is -3.31. The van der Waals surface area contributed by atoms with Gasteiger partial charge in [0.15, 0.2) is 11.5 Å². The monoisotopic (exact) mass is 428 g/mol. The van der Waals surface area contributed by atoms with Gasteiger partial charge in [0, 0.05) is 33.5 Å². The number of hydrogen-bond acceptors (Lipinski definition) is 9. The SMILES string of the molecule is CCOCCn1nc(C(=O)NCCOC)c2nc(NC)nc(Nc3cc(C)ccn3)c21. The van der Waals surface area contributed by atoms with E-state index < -0.39 is 0 Å². The third-order valence-electron chi connectivity index (χ3n) is 4.43. The second-order valence-corrected chi connectivity index (χ2v) is 6.70. The number of ether oxygens (including phenoxy) is 2. The van der Waals surface area contributed by atoms with Gasteiger partial charge in [-0.3, -0.25) is 9.48 Å². The van der Waals surface area contributed by atoms with Crippen molar-refractivity contribution in [2.45, 2.75) is 20.4 Å². The number of fused-ring (bicyclic) bond motifs is 1. The lowest BCUT2D eigenvalue weighted by Crippen LogP contribution is -2.27. The Kier molecular flexibility index (Phi) is 7.68. The minimum atomic E-state index is -0.336. The number of nitrogens with zero attached hydrogens (tertiary/aromatic N) is 5. The fourth-order valence-corrected chi connectivity index (χ4v) is 2.97. The molecule has 3 rings (SSSR count). The second kappa shape index (κ2) is 10.6. The lowest BCUT2D eigenvalue weighted by molar-refractivity contribution is 0.0931. The number of carbonyl (C=O) groups excluding carboxylic acids is 1. The van der Waals surface area contributed by atoms with Gasteiger partial charge in [0.2, 0.25) is 5.95 Å². The van der Waals surface area contributed by atoms with Crippen molar-refractivity contribution in [3.8, 4) is 0 Å². The molecule has 0 aliphatic carbocycles. The third-order valence-corrected chi connectivity index (χ3v) is 4.43. The van der Waals surface area contributed by atoms with Gasteiger partial charge in [-0.05, 0) is 31.5 Å². The molecule has 3 aromatic rings. The van der Waals surface area contributed by atoms with E-state index in [-0.39, 0.29) is 11.6 Å². The van der Waals surface area contributed by atoms with Crippen molar-refractivity contribution in [1.82, 2.24) is 30.0 Å². The number of anilines is 3. The van der Waals surface area contributed by atoms with Gasteiger partial charge < -0.3 is 25.4 Å². The maximum absolute atomic E-state index is 12.8. The van der Waals surface area contributed by atoms with Crippen LogP contribution in [0.25, 0.3) is 11.0 Å². The van der Waals surface area contributed by atoms with Gasteiger partial charge in [0.1, 0.15) is 16.9 Å². The van der Waals surface area contributed by atoms with Gasteiger partial charge in [-0.1, -0.05) is 0 Å². The van der Waals surface area contributed by atoms with Crippen LogP contribution < -0.4 is 16.0 Å². The summed E-state index contributed by atoms with van der Waals surface area (Å²) in [5, 5.41) is 13.5. The van der Waals surface area contributed by atoms with Crippen molar-refractivity contribution >= 4 is 34.5 Å². The number of rotatable bonds is 11. The summed E-state index contributed by atoms with van der Waals surface area (Å²) in [4.78, 5) is 26.2. The standard InChI is InChI=1S/C20H28N8O3/c1-5-31-11-9-28-17-15(16(27-28)19(29)23-8-10-30-4)25-20(21-3)26-18(17)24-14-12-13(2)6-7-22-14/h6-7,12H,5,8-11H2,1-4H3,(H,23,29)(H2,21,22,24,25,26). The molecule has 31 heavy (non-hydrogen) atoms. The summed E-state index contributed by atoms with van der Waals surface area (Å²) in [6, 6.07) is 3.82. The van der Waals surface area contributed by atoms with E-state index >= 15 is 0 Å². The van der Waals surface area contributed by atoms with Gasteiger partial charge in [0.25, 0.3) is 5.91 Å². The first-order valence-corrected chi connectivity index (χ1v) is 10.1. The summed E-state index contributed by atoms with van der Waals surface area (Å²) in [6.07, 6.45) is 1.72. The zero-order chi connectivity index (χ0) is 22.2. The highest BCUT2D eigenvalue weighted by molar-refractivity contribution is 6.06. The first-order valence-electron chi connectivity index (χ1n) is 10.1. The predicted molar refractivity (Wildman–Crippen MR) is 118 cm³/mol. The molecule has 0 fully saturated rings. The van der Waals surface area contributed by atoms with Gasteiger partial charge >= 0.3 is 0 Å². The number of pyridine rings is 1. The number of methoxy groups -OCH3 is 1. The lowest BCUT2D eigenvalue weighted by Gasteiger charge is -2.11. The van der Waals surface area contributed by atoms with Crippen molar-refractivity contribution in [2.75, 3.05) is 51.2 Å². The van der Waals surface area contributed by atoms with Crippen molar-refractivity contribution in [2.24, 2.45) is 0 Å². The zero-order valence-electron chi connectivity index (χ0n) is 18.2. The van der Waals surface area contributed by atoms with Crippen LogP contribution in [0.2, 0.25) is 0 Å². The van der Waals surface area contributed by atoms with Gasteiger partial charge in [0.05, 0.1) is 19.8 Å². The smallest absolute Gasteiger partial charge is 0.274 e. The van der Waals surface area contributed by atoms with E-state index in [2.05, 4.69) is 36.0 Å². The highest BCUT2D eigenvalue weighted by Crippen LogP contribution is 2.27. The average molecular weight is 428 g/mol. The van der Waals surface area contributed by atoms with E-state index in [1.165, 1.54) is 0 Å². The van der Waals surface area contributed by atoms with Crippen LogP contribution in [0.3, 0.4) is 0 Å². The van der Waals surface area contributed by atoms with Gasteiger partial charge in [-0.2, -0.15) is 10.1 Å². The average Bonchev–Trinajstić information content (AvgIpc) is 3.13. The minimum Gasteiger partial charge on any atom is -0.383 e. The molecule has 166 valence electrons. The molecule has 0 spiro atoms. The maximum atomic E-state index is 12.8. The van der Waals surface area contributed by atoms with E-state index in [4.69, 9.17) is 9.47 Å². The van der Waals surface area contributed by atoms with E-state index in [1.807, 2.05) is 26.0 Å². The molecule has 0 saturated heterocycles. The fraction of sp³-hybridized carbons (Fsp3) is 0.450. The Morgan fingerprint density at radius 3 is 2.81 bits per heavy atom. The molecule has 3 N–H and O–H groups in total. The number of aromatic nitrogens is 5. The molecule has 0 atom stereocenters. The molecule has 0 aliphatic heterocycles. The molecule has 1 amide bonds. The molecule has 0 aliphatic rings. The largest absolute Gasteiger partial charge is 0.383 e. The Morgan fingerprint density at radius 1 is 1.26 bits per heavy atom. The first-order chi connectivity index (χ1) is 15.1. The summed E-state index contributed by atoms with van der Waals surface area (Å²) in [5.41, 5.74) is 2.29. The van der Waals surface area contributed by atoms with E-state index in [1.54, 1.807) is 25.0 Å². The molecule has 3 heterocycles. The molecule has 11 nitrogen and oxygen atoms in total. The highest BCUT2D eigenvalue weighted by Gasteiger charge is 2.23. The number of carbonyl (C=O) groups is 1. The van der Waals surface area contributed by atoms with Crippen molar-refractivity contribution < 1.29 is 14.3 Å². The fourth-order valence-electron chi connectivity index (χ4n) is 2.97. The normalized spacial score (nSPS) is 11.0. The van der Waals surface area contributed by atoms with E-state index in [9.17, 15) is 4.79 Å².